The van der Waals surface area contributed by atoms with Gasteiger partial charge in [0.2, 0.25) is 5.56 Å². The van der Waals surface area contributed by atoms with Gasteiger partial charge in [-0.2, -0.15) is 0 Å². The normalized spacial score (nSPS) is 10.1. The van der Waals surface area contributed by atoms with E-state index >= 15 is 0 Å². The summed E-state index contributed by atoms with van der Waals surface area (Å²) in [6, 6.07) is 12.1. The highest BCUT2D eigenvalue weighted by atomic mass is 79.9. The molecule has 0 saturated heterocycles. The van der Waals surface area contributed by atoms with Gasteiger partial charge in [-0.05, 0) is 17.7 Å². The van der Waals surface area contributed by atoms with Crippen LogP contribution in [0.25, 0.3) is 0 Å². The Morgan fingerprint density at radius 2 is 1.94 bits per heavy atom. The van der Waals surface area contributed by atoms with E-state index in [0.717, 1.165) is 10.0 Å². The fourth-order valence-electron chi connectivity index (χ4n) is 1.49. The number of carbonyl (C=O) groups is 1. The second-order valence-electron chi connectivity index (χ2n) is 3.70. The SMILES string of the molecule is O=C(NCc1ccccc1Br)c1cccc(=O)[nH]1. The van der Waals surface area contributed by atoms with Gasteiger partial charge < -0.3 is 10.3 Å². The number of aromatic amines is 1. The van der Waals surface area contributed by atoms with Gasteiger partial charge in [-0.25, -0.2) is 0 Å². The molecule has 0 fully saturated rings. The van der Waals surface area contributed by atoms with Gasteiger partial charge in [0.1, 0.15) is 5.69 Å². The Morgan fingerprint density at radius 1 is 1.17 bits per heavy atom. The molecule has 1 heterocycles. The maximum Gasteiger partial charge on any atom is 0.268 e. The van der Waals surface area contributed by atoms with E-state index < -0.39 is 0 Å². The Hall–Kier alpha value is -1.88. The average Bonchev–Trinajstić information content (AvgIpc) is 2.37. The van der Waals surface area contributed by atoms with Crippen LogP contribution >= 0.6 is 15.9 Å². The Kier molecular flexibility index (Phi) is 3.94. The third-order valence-electron chi connectivity index (χ3n) is 2.41. The molecule has 92 valence electrons. The largest absolute Gasteiger partial charge is 0.347 e. The first-order valence-corrected chi connectivity index (χ1v) is 6.17. The zero-order valence-electron chi connectivity index (χ0n) is 9.44. The van der Waals surface area contributed by atoms with Gasteiger partial charge in [-0.1, -0.05) is 40.2 Å². The smallest absolute Gasteiger partial charge is 0.268 e. The van der Waals surface area contributed by atoms with Crippen LogP contribution in [0.5, 0.6) is 0 Å². The van der Waals surface area contributed by atoms with E-state index in [0.29, 0.717) is 6.54 Å². The number of hydrogen-bond donors (Lipinski definition) is 2. The second-order valence-corrected chi connectivity index (χ2v) is 4.56. The molecule has 2 aromatic rings. The Bertz CT molecular complexity index is 622. The van der Waals surface area contributed by atoms with Gasteiger partial charge in [0.05, 0.1) is 0 Å². The van der Waals surface area contributed by atoms with E-state index in [9.17, 15) is 9.59 Å². The topological polar surface area (TPSA) is 62.0 Å². The van der Waals surface area contributed by atoms with Crippen LogP contribution in [0.3, 0.4) is 0 Å². The van der Waals surface area contributed by atoms with Crippen molar-refractivity contribution in [1.29, 1.82) is 0 Å². The van der Waals surface area contributed by atoms with Crippen molar-refractivity contribution >= 4 is 21.8 Å². The van der Waals surface area contributed by atoms with E-state index in [2.05, 4.69) is 26.2 Å². The van der Waals surface area contributed by atoms with Gasteiger partial charge >= 0.3 is 0 Å². The molecule has 1 aromatic carbocycles. The number of halogens is 1. The zero-order chi connectivity index (χ0) is 13.0. The van der Waals surface area contributed by atoms with Crippen molar-refractivity contribution in [2.75, 3.05) is 0 Å². The number of benzene rings is 1. The molecule has 0 aliphatic rings. The molecule has 2 N–H and O–H groups in total. The molecule has 4 nitrogen and oxygen atoms in total. The molecule has 0 atom stereocenters. The maximum atomic E-state index is 11.8. The molecule has 0 saturated carbocycles. The van der Waals surface area contributed by atoms with Crippen LogP contribution in [0, 0.1) is 0 Å². The molecule has 0 aliphatic carbocycles. The number of amides is 1. The fourth-order valence-corrected chi connectivity index (χ4v) is 1.92. The van der Waals surface area contributed by atoms with E-state index in [4.69, 9.17) is 0 Å². The number of H-pyrrole nitrogens is 1. The lowest BCUT2D eigenvalue weighted by Gasteiger charge is -2.06. The van der Waals surface area contributed by atoms with Crippen LogP contribution < -0.4 is 10.9 Å². The average molecular weight is 307 g/mol. The maximum absolute atomic E-state index is 11.8. The molecular weight excluding hydrogens is 296 g/mol. The third-order valence-corrected chi connectivity index (χ3v) is 3.18. The monoisotopic (exact) mass is 306 g/mol. The molecule has 0 bridgehead atoms. The molecule has 0 radical (unpaired) electrons. The van der Waals surface area contributed by atoms with Gasteiger partial charge in [0.15, 0.2) is 0 Å². The number of hydrogen-bond acceptors (Lipinski definition) is 2. The quantitative estimate of drug-likeness (QED) is 0.912. The van der Waals surface area contributed by atoms with Gasteiger partial charge in [0, 0.05) is 17.1 Å². The second kappa shape index (κ2) is 5.64. The lowest BCUT2D eigenvalue weighted by Crippen LogP contribution is -2.25. The van der Waals surface area contributed by atoms with Crippen molar-refractivity contribution in [3.05, 3.63) is 68.5 Å². The minimum atomic E-state index is -0.302. The van der Waals surface area contributed by atoms with Gasteiger partial charge in [-0.3, -0.25) is 9.59 Å². The van der Waals surface area contributed by atoms with Crippen LogP contribution in [-0.2, 0) is 6.54 Å². The Balaban J connectivity index is 2.05. The number of pyridine rings is 1. The van der Waals surface area contributed by atoms with Crippen LogP contribution in [0.1, 0.15) is 16.1 Å². The number of rotatable bonds is 3. The minimum absolute atomic E-state index is 0.259. The van der Waals surface area contributed by atoms with Crippen molar-refractivity contribution in [1.82, 2.24) is 10.3 Å². The van der Waals surface area contributed by atoms with Crippen LogP contribution in [0.2, 0.25) is 0 Å². The summed E-state index contributed by atoms with van der Waals surface area (Å²) in [6.45, 7) is 0.400. The molecule has 0 unspecified atom stereocenters. The first-order valence-electron chi connectivity index (χ1n) is 5.38. The lowest BCUT2D eigenvalue weighted by atomic mass is 10.2. The molecule has 1 aromatic heterocycles. The van der Waals surface area contributed by atoms with Crippen molar-refractivity contribution in [3.8, 4) is 0 Å². The first-order chi connectivity index (χ1) is 8.66. The van der Waals surface area contributed by atoms with Gasteiger partial charge in [-0.15, -0.1) is 0 Å². The van der Waals surface area contributed by atoms with E-state index in [1.54, 1.807) is 12.1 Å². The summed E-state index contributed by atoms with van der Waals surface area (Å²) in [7, 11) is 0. The molecule has 0 spiro atoms. The predicted molar refractivity (Wildman–Crippen MR) is 72.4 cm³/mol. The predicted octanol–water partition coefficient (Wildman–Crippen LogP) is 2.07. The third kappa shape index (κ3) is 3.07. The molecule has 2 rings (SSSR count). The Labute approximate surface area is 112 Å². The zero-order valence-corrected chi connectivity index (χ0v) is 11.0. The van der Waals surface area contributed by atoms with E-state index in [1.165, 1.54) is 6.07 Å². The summed E-state index contributed by atoms with van der Waals surface area (Å²) in [5.74, 6) is -0.302. The van der Waals surface area contributed by atoms with E-state index in [1.807, 2.05) is 24.3 Å². The van der Waals surface area contributed by atoms with Crippen LogP contribution in [0.15, 0.2) is 51.7 Å². The minimum Gasteiger partial charge on any atom is -0.347 e. The van der Waals surface area contributed by atoms with Crippen LogP contribution in [0.4, 0.5) is 0 Å². The lowest BCUT2D eigenvalue weighted by molar-refractivity contribution is 0.0945. The standard InChI is InChI=1S/C13H11BrN2O2/c14-10-5-2-1-4-9(10)8-15-13(18)11-6-3-7-12(17)16-11/h1-7H,8H2,(H,15,18)(H,16,17). The summed E-state index contributed by atoms with van der Waals surface area (Å²) >= 11 is 3.41. The van der Waals surface area contributed by atoms with Crippen molar-refractivity contribution in [2.24, 2.45) is 0 Å². The van der Waals surface area contributed by atoms with Crippen molar-refractivity contribution in [3.63, 3.8) is 0 Å². The number of carbonyl (C=O) groups excluding carboxylic acids is 1. The molecule has 1 amide bonds. The van der Waals surface area contributed by atoms with Gasteiger partial charge in [0.25, 0.3) is 5.91 Å². The summed E-state index contributed by atoms with van der Waals surface area (Å²) < 4.78 is 0.937. The van der Waals surface area contributed by atoms with E-state index in [-0.39, 0.29) is 17.2 Å². The van der Waals surface area contributed by atoms with Crippen LogP contribution in [-0.4, -0.2) is 10.9 Å². The molecular formula is C13H11BrN2O2. The highest BCUT2D eigenvalue weighted by molar-refractivity contribution is 9.10. The molecule has 0 aliphatic heterocycles. The fraction of sp³-hybridized carbons (Fsp3) is 0.0769. The summed E-state index contributed by atoms with van der Waals surface area (Å²) in [4.78, 5) is 25.3. The van der Waals surface area contributed by atoms with Crippen molar-refractivity contribution in [2.45, 2.75) is 6.54 Å². The first kappa shape index (κ1) is 12.6. The summed E-state index contributed by atoms with van der Waals surface area (Å²) in [5, 5.41) is 2.74. The summed E-state index contributed by atoms with van der Waals surface area (Å²) in [6.07, 6.45) is 0. The summed E-state index contributed by atoms with van der Waals surface area (Å²) in [5.41, 5.74) is 0.947. The molecule has 18 heavy (non-hydrogen) atoms. The highest BCUT2D eigenvalue weighted by Gasteiger charge is 2.06. The number of nitrogens with one attached hydrogen (secondary N) is 2. The van der Waals surface area contributed by atoms with Crippen molar-refractivity contribution < 1.29 is 4.79 Å². The highest BCUT2D eigenvalue weighted by Crippen LogP contribution is 2.15. The Morgan fingerprint density at radius 3 is 2.67 bits per heavy atom. The molecule has 5 heteroatoms. The number of aromatic nitrogens is 1.